The lowest BCUT2D eigenvalue weighted by Gasteiger charge is -2.37. The summed E-state index contributed by atoms with van der Waals surface area (Å²) in [5.74, 6) is 0.150. The Balaban J connectivity index is 2.07. The fourth-order valence-corrected chi connectivity index (χ4v) is 2.35. The zero-order chi connectivity index (χ0) is 12.7. The Morgan fingerprint density at radius 3 is 2.89 bits per heavy atom. The molecule has 0 unspecified atom stereocenters. The number of benzene rings is 1. The van der Waals surface area contributed by atoms with Gasteiger partial charge in [0.2, 0.25) is 0 Å². The van der Waals surface area contributed by atoms with E-state index in [0.717, 1.165) is 13.1 Å². The van der Waals surface area contributed by atoms with Crippen LogP contribution in [0.1, 0.15) is 17.3 Å². The van der Waals surface area contributed by atoms with Gasteiger partial charge in [0, 0.05) is 24.7 Å². The maximum absolute atomic E-state index is 13.6. The molecule has 0 aliphatic carbocycles. The van der Waals surface area contributed by atoms with Crippen LogP contribution < -0.4 is 0 Å². The number of hydrogen-bond acceptors (Lipinski definition) is 2. The first kappa shape index (κ1) is 11.1. The minimum Gasteiger partial charge on any atom is -0.338 e. The number of hydrogen-bond donors (Lipinski definition) is 0. The number of aromatic nitrogens is 1. The molecule has 0 bridgehead atoms. The maximum Gasteiger partial charge on any atom is 0.256 e. The summed E-state index contributed by atoms with van der Waals surface area (Å²) in [6.07, 6.45) is 1.58. The minimum absolute atomic E-state index is 0.0585. The van der Waals surface area contributed by atoms with Gasteiger partial charge in [-0.05, 0) is 30.2 Å². The molecule has 0 spiro atoms. The largest absolute Gasteiger partial charge is 0.338 e. The van der Waals surface area contributed by atoms with Gasteiger partial charge in [-0.15, -0.1) is 0 Å². The van der Waals surface area contributed by atoms with Gasteiger partial charge in [0.15, 0.2) is 0 Å². The Labute approximate surface area is 104 Å². The summed E-state index contributed by atoms with van der Waals surface area (Å²) in [6, 6.07) is 6.18. The van der Waals surface area contributed by atoms with Gasteiger partial charge < -0.3 is 4.90 Å². The van der Waals surface area contributed by atoms with Crippen LogP contribution in [0.15, 0.2) is 30.5 Å². The molecule has 1 saturated heterocycles. The van der Waals surface area contributed by atoms with E-state index < -0.39 is 0 Å². The highest BCUT2D eigenvalue weighted by Gasteiger charge is 2.29. The molecule has 1 fully saturated rings. The normalized spacial score (nSPS) is 15.8. The average molecular weight is 244 g/mol. The molecular weight excluding hydrogens is 231 g/mol. The van der Waals surface area contributed by atoms with Crippen molar-refractivity contribution in [2.45, 2.75) is 6.92 Å². The average Bonchev–Trinajstić information content (AvgIpc) is 2.35. The predicted octanol–water partition coefficient (Wildman–Crippen LogP) is 2.47. The summed E-state index contributed by atoms with van der Waals surface area (Å²) in [6.45, 7) is 3.64. The van der Waals surface area contributed by atoms with E-state index in [-0.39, 0.29) is 11.7 Å². The number of fused-ring (bicyclic) bond motifs is 1. The number of carbonyl (C=O) groups excluding carboxylic acids is 1. The molecule has 2 aromatic rings. The SMILES string of the molecule is CC1CN(C(=O)c2ccc(F)c3cccnc23)C1. The van der Waals surface area contributed by atoms with Crippen molar-refractivity contribution in [3.63, 3.8) is 0 Å². The summed E-state index contributed by atoms with van der Waals surface area (Å²) in [4.78, 5) is 18.2. The molecule has 0 atom stereocenters. The molecule has 3 rings (SSSR count). The van der Waals surface area contributed by atoms with Gasteiger partial charge in [-0.1, -0.05) is 6.92 Å². The van der Waals surface area contributed by atoms with Gasteiger partial charge in [-0.25, -0.2) is 4.39 Å². The van der Waals surface area contributed by atoms with Crippen LogP contribution in [0.4, 0.5) is 4.39 Å². The van der Waals surface area contributed by atoms with E-state index >= 15 is 0 Å². The number of amides is 1. The van der Waals surface area contributed by atoms with Gasteiger partial charge in [-0.2, -0.15) is 0 Å². The van der Waals surface area contributed by atoms with Crippen LogP contribution in [0.25, 0.3) is 10.9 Å². The lowest BCUT2D eigenvalue weighted by molar-refractivity contribution is 0.0532. The van der Waals surface area contributed by atoms with Crippen molar-refractivity contribution in [2.75, 3.05) is 13.1 Å². The van der Waals surface area contributed by atoms with E-state index in [1.165, 1.54) is 12.1 Å². The number of pyridine rings is 1. The van der Waals surface area contributed by atoms with E-state index in [2.05, 4.69) is 11.9 Å². The van der Waals surface area contributed by atoms with Crippen LogP contribution in [-0.2, 0) is 0 Å². The van der Waals surface area contributed by atoms with Crippen molar-refractivity contribution < 1.29 is 9.18 Å². The van der Waals surface area contributed by atoms with Gasteiger partial charge in [0.05, 0.1) is 11.1 Å². The van der Waals surface area contributed by atoms with Gasteiger partial charge in [0.1, 0.15) is 5.82 Å². The van der Waals surface area contributed by atoms with E-state index in [1.54, 1.807) is 23.2 Å². The van der Waals surface area contributed by atoms with Crippen molar-refractivity contribution in [1.29, 1.82) is 0 Å². The van der Waals surface area contributed by atoms with Crippen molar-refractivity contribution in [1.82, 2.24) is 9.88 Å². The lowest BCUT2D eigenvalue weighted by atomic mass is 10.00. The molecule has 92 valence electrons. The molecule has 3 nitrogen and oxygen atoms in total. The first-order valence-corrected chi connectivity index (χ1v) is 5.99. The molecule has 0 saturated carbocycles. The monoisotopic (exact) mass is 244 g/mol. The maximum atomic E-state index is 13.6. The lowest BCUT2D eigenvalue weighted by Crippen LogP contribution is -2.48. The number of likely N-dealkylation sites (tertiary alicyclic amines) is 1. The molecule has 1 aliphatic rings. The third kappa shape index (κ3) is 1.65. The smallest absolute Gasteiger partial charge is 0.256 e. The van der Waals surface area contributed by atoms with E-state index in [0.29, 0.717) is 22.4 Å². The topological polar surface area (TPSA) is 33.2 Å². The third-order valence-corrected chi connectivity index (χ3v) is 3.30. The Bertz CT molecular complexity index is 620. The molecule has 1 amide bonds. The summed E-state index contributed by atoms with van der Waals surface area (Å²) < 4.78 is 13.6. The second kappa shape index (κ2) is 4.05. The van der Waals surface area contributed by atoms with Crippen LogP contribution >= 0.6 is 0 Å². The standard InChI is InChI=1S/C14H13FN2O/c1-9-7-17(8-9)14(18)11-4-5-12(15)10-3-2-6-16-13(10)11/h2-6,9H,7-8H2,1H3. The Morgan fingerprint density at radius 1 is 1.39 bits per heavy atom. The van der Waals surface area contributed by atoms with Crippen molar-refractivity contribution in [3.05, 3.63) is 41.8 Å². The van der Waals surface area contributed by atoms with E-state index in [1.807, 2.05) is 0 Å². The molecule has 1 aromatic carbocycles. The number of rotatable bonds is 1. The summed E-state index contributed by atoms with van der Waals surface area (Å²) >= 11 is 0. The molecule has 18 heavy (non-hydrogen) atoms. The zero-order valence-corrected chi connectivity index (χ0v) is 10.1. The van der Waals surface area contributed by atoms with Crippen molar-refractivity contribution in [2.24, 2.45) is 5.92 Å². The first-order valence-electron chi connectivity index (χ1n) is 5.99. The van der Waals surface area contributed by atoms with Crippen molar-refractivity contribution >= 4 is 16.8 Å². The Morgan fingerprint density at radius 2 is 2.17 bits per heavy atom. The summed E-state index contributed by atoms with van der Waals surface area (Å²) in [5, 5.41) is 0.400. The number of carbonyl (C=O) groups is 1. The number of halogens is 1. The number of nitrogens with zero attached hydrogens (tertiary/aromatic N) is 2. The predicted molar refractivity (Wildman–Crippen MR) is 66.8 cm³/mol. The second-order valence-corrected chi connectivity index (χ2v) is 4.81. The van der Waals surface area contributed by atoms with Gasteiger partial charge in [0.25, 0.3) is 5.91 Å². The van der Waals surface area contributed by atoms with E-state index in [9.17, 15) is 9.18 Å². The highest BCUT2D eigenvalue weighted by atomic mass is 19.1. The molecule has 4 heteroatoms. The van der Waals surface area contributed by atoms with Crippen LogP contribution in [0.5, 0.6) is 0 Å². The van der Waals surface area contributed by atoms with Gasteiger partial charge >= 0.3 is 0 Å². The summed E-state index contributed by atoms with van der Waals surface area (Å²) in [5.41, 5.74) is 0.931. The Hall–Kier alpha value is -1.97. The second-order valence-electron chi connectivity index (χ2n) is 4.81. The van der Waals surface area contributed by atoms with Crippen molar-refractivity contribution in [3.8, 4) is 0 Å². The fraction of sp³-hybridized carbons (Fsp3) is 0.286. The van der Waals surface area contributed by atoms with Crippen LogP contribution in [0, 0.1) is 11.7 Å². The molecule has 0 radical (unpaired) electrons. The summed E-state index contributed by atoms with van der Waals surface area (Å²) in [7, 11) is 0. The highest BCUT2D eigenvalue weighted by Crippen LogP contribution is 2.24. The highest BCUT2D eigenvalue weighted by molar-refractivity contribution is 6.05. The van der Waals surface area contributed by atoms with Crippen LogP contribution in [0.2, 0.25) is 0 Å². The van der Waals surface area contributed by atoms with Crippen LogP contribution in [-0.4, -0.2) is 28.9 Å². The van der Waals surface area contributed by atoms with Gasteiger partial charge in [-0.3, -0.25) is 9.78 Å². The first-order chi connectivity index (χ1) is 8.66. The Kier molecular flexibility index (Phi) is 2.51. The molecular formula is C14H13FN2O. The van der Waals surface area contributed by atoms with Crippen LogP contribution in [0.3, 0.4) is 0 Å². The minimum atomic E-state index is -0.341. The third-order valence-electron chi connectivity index (χ3n) is 3.30. The van der Waals surface area contributed by atoms with E-state index in [4.69, 9.17) is 0 Å². The fourth-order valence-electron chi connectivity index (χ4n) is 2.35. The molecule has 1 aromatic heterocycles. The molecule has 0 N–H and O–H groups in total. The molecule has 2 heterocycles. The quantitative estimate of drug-likeness (QED) is 0.772. The molecule has 1 aliphatic heterocycles. The zero-order valence-electron chi connectivity index (χ0n) is 10.1.